The normalized spacial score (nSPS) is 33.2. The van der Waals surface area contributed by atoms with Crippen LogP contribution in [-0.2, 0) is 0 Å². The number of allylic oxidation sites excluding steroid dienone is 2. The van der Waals surface area contributed by atoms with E-state index in [9.17, 15) is 0 Å². The van der Waals surface area contributed by atoms with Crippen molar-refractivity contribution >= 4 is 8.07 Å². The van der Waals surface area contributed by atoms with Crippen LogP contribution in [0.25, 0.3) is 0 Å². The summed E-state index contributed by atoms with van der Waals surface area (Å²) in [6, 6.07) is 1.54. The van der Waals surface area contributed by atoms with Crippen LogP contribution in [0.5, 0.6) is 0 Å². The second-order valence-electron chi connectivity index (χ2n) is 8.58. The van der Waals surface area contributed by atoms with Gasteiger partial charge in [-0.25, -0.2) is 0 Å². The van der Waals surface area contributed by atoms with Gasteiger partial charge in [-0.05, 0) is 42.6 Å². The Morgan fingerprint density at radius 1 is 1.22 bits per heavy atom. The first-order valence-corrected chi connectivity index (χ1v) is 11.1. The van der Waals surface area contributed by atoms with Gasteiger partial charge in [-0.15, -0.1) is 0 Å². The molecule has 0 saturated heterocycles. The summed E-state index contributed by atoms with van der Waals surface area (Å²) in [7, 11) is -1.10. The molecule has 0 bridgehead atoms. The first kappa shape index (κ1) is 14.4. The van der Waals surface area contributed by atoms with Crippen molar-refractivity contribution in [1.82, 2.24) is 0 Å². The molecule has 1 saturated carbocycles. The highest BCUT2D eigenvalue weighted by atomic mass is 28.3. The van der Waals surface area contributed by atoms with Gasteiger partial charge >= 0.3 is 0 Å². The zero-order chi connectivity index (χ0) is 13.6. The largest absolute Gasteiger partial charge is 0.0819 e. The SMILES string of the molecule is CC1=CC2C(CCCC2C[Si](C)(C)C(C)(C)C)C1. The van der Waals surface area contributed by atoms with Gasteiger partial charge in [0.2, 0.25) is 0 Å². The molecule has 2 rings (SSSR count). The molecule has 3 atom stereocenters. The van der Waals surface area contributed by atoms with Crippen molar-refractivity contribution in [2.24, 2.45) is 17.8 Å². The lowest BCUT2D eigenvalue weighted by atomic mass is 9.74. The van der Waals surface area contributed by atoms with Gasteiger partial charge < -0.3 is 0 Å². The van der Waals surface area contributed by atoms with E-state index < -0.39 is 8.07 Å². The molecule has 0 aliphatic heterocycles. The molecule has 0 radical (unpaired) electrons. The molecule has 0 aromatic heterocycles. The second-order valence-corrected chi connectivity index (χ2v) is 14.3. The van der Waals surface area contributed by atoms with Gasteiger partial charge in [-0.2, -0.15) is 0 Å². The van der Waals surface area contributed by atoms with Crippen molar-refractivity contribution in [3.05, 3.63) is 11.6 Å². The van der Waals surface area contributed by atoms with Gasteiger partial charge in [0.1, 0.15) is 0 Å². The summed E-state index contributed by atoms with van der Waals surface area (Å²) in [4.78, 5) is 0. The zero-order valence-corrected chi connectivity index (χ0v) is 14.3. The number of hydrogen-bond acceptors (Lipinski definition) is 0. The minimum Gasteiger partial charge on any atom is -0.0819 e. The molecular weight excluding hydrogens is 232 g/mol. The first-order valence-electron chi connectivity index (χ1n) is 7.88. The molecule has 0 spiro atoms. The third kappa shape index (κ3) is 2.76. The molecule has 2 aliphatic rings. The molecule has 0 aromatic rings. The molecule has 0 N–H and O–H groups in total. The first-order chi connectivity index (χ1) is 8.21. The lowest BCUT2D eigenvalue weighted by Gasteiger charge is -2.43. The molecule has 1 fully saturated rings. The predicted octanol–water partition coefficient (Wildman–Crippen LogP) is 5.88. The maximum Gasteiger partial charge on any atom is 0.0530 e. The highest BCUT2D eigenvalue weighted by Gasteiger charge is 2.42. The van der Waals surface area contributed by atoms with Crippen LogP contribution in [0.15, 0.2) is 11.6 Å². The van der Waals surface area contributed by atoms with Crippen molar-refractivity contribution < 1.29 is 0 Å². The second kappa shape index (κ2) is 4.81. The van der Waals surface area contributed by atoms with Gasteiger partial charge in [0.05, 0.1) is 8.07 Å². The smallest absolute Gasteiger partial charge is 0.0530 e. The summed E-state index contributed by atoms with van der Waals surface area (Å²) in [5, 5.41) is 0.553. The molecule has 18 heavy (non-hydrogen) atoms. The standard InChI is InChI=1S/C17H32Si/c1-13-10-14-8-7-9-15(16(14)11-13)12-18(5,6)17(2,3)4/h11,14-16H,7-10,12H2,1-6H3. The Morgan fingerprint density at radius 2 is 1.89 bits per heavy atom. The summed E-state index contributed by atoms with van der Waals surface area (Å²) in [6.45, 7) is 15.0. The Bertz CT molecular complexity index is 332. The van der Waals surface area contributed by atoms with Crippen LogP contribution in [-0.4, -0.2) is 8.07 Å². The molecule has 0 amide bonds. The molecule has 2 aliphatic carbocycles. The maximum atomic E-state index is 2.64. The van der Waals surface area contributed by atoms with E-state index in [-0.39, 0.29) is 0 Å². The maximum absolute atomic E-state index is 2.64. The summed E-state index contributed by atoms with van der Waals surface area (Å²) in [6.07, 6.45) is 8.52. The summed E-state index contributed by atoms with van der Waals surface area (Å²) < 4.78 is 0. The van der Waals surface area contributed by atoms with E-state index in [1.54, 1.807) is 11.6 Å². The van der Waals surface area contributed by atoms with Gasteiger partial charge in [-0.1, -0.05) is 64.4 Å². The van der Waals surface area contributed by atoms with E-state index in [0.29, 0.717) is 5.04 Å². The fourth-order valence-corrected chi connectivity index (χ4v) is 6.33. The Balaban J connectivity index is 2.09. The van der Waals surface area contributed by atoms with Crippen molar-refractivity contribution in [3.8, 4) is 0 Å². The number of rotatable bonds is 2. The van der Waals surface area contributed by atoms with E-state index in [1.165, 1.54) is 25.7 Å². The van der Waals surface area contributed by atoms with Gasteiger partial charge in [0.15, 0.2) is 0 Å². The van der Waals surface area contributed by atoms with E-state index in [1.807, 2.05) is 0 Å². The Hall–Kier alpha value is -0.0431. The lowest BCUT2D eigenvalue weighted by molar-refractivity contribution is 0.221. The van der Waals surface area contributed by atoms with Crippen LogP contribution >= 0.6 is 0 Å². The lowest BCUT2D eigenvalue weighted by Crippen LogP contribution is -2.41. The van der Waals surface area contributed by atoms with Crippen LogP contribution < -0.4 is 0 Å². The molecule has 0 heterocycles. The molecule has 1 heteroatoms. The average Bonchev–Trinajstić information content (AvgIpc) is 2.57. The minimum absolute atomic E-state index is 0.553. The molecular formula is C17H32Si. The highest BCUT2D eigenvalue weighted by molar-refractivity contribution is 6.80. The van der Waals surface area contributed by atoms with Gasteiger partial charge in [0, 0.05) is 0 Å². The highest BCUT2D eigenvalue weighted by Crippen LogP contribution is 2.50. The zero-order valence-electron chi connectivity index (χ0n) is 13.3. The van der Waals surface area contributed by atoms with Crippen LogP contribution in [0.3, 0.4) is 0 Å². The van der Waals surface area contributed by atoms with Crippen LogP contribution in [0, 0.1) is 17.8 Å². The third-order valence-corrected chi connectivity index (χ3v) is 11.7. The quantitative estimate of drug-likeness (QED) is 0.432. The number of hydrogen-bond donors (Lipinski definition) is 0. The van der Waals surface area contributed by atoms with Crippen molar-refractivity contribution in [1.29, 1.82) is 0 Å². The molecule has 0 aromatic carbocycles. The third-order valence-electron chi connectivity index (χ3n) is 6.10. The average molecular weight is 265 g/mol. The van der Waals surface area contributed by atoms with Gasteiger partial charge in [-0.3, -0.25) is 0 Å². The van der Waals surface area contributed by atoms with Crippen molar-refractivity contribution in [2.75, 3.05) is 0 Å². The van der Waals surface area contributed by atoms with Crippen molar-refractivity contribution in [2.45, 2.75) is 77.6 Å². The number of fused-ring (bicyclic) bond motifs is 1. The summed E-state index contributed by atoms with van der Waals surface area (Å²) >= 11 is 0. The summed E-state index contributed by atoms with van der Waals surface area (Å²) in [5.41, 5.74) is 1.67. The molecule has 0 nitrogen and oxygen atoms in total. The Labute approximate surface area is 115 Å². The monoisotopic (exact) mass is 264 g/mol. The topological polar surface area (TPSA) is 0 Å². The van der Waals surface area contributed by atoms with E-state index in [0.717, 1.165) is 17.8 Å². The Kier molecular flexibility index (Phi) is 3.84. The van der Waals surface area contributed by atoms with E-state index >= 15 is 0 Å². The van der Waals surface area contributed by atoms with Crippen LogP contribution in [0.2, 0.25) is 24.2 Å². The van der Waals surface area contributed by atoms with Crippen molar-refractivity contribution in [3.63, 3.8) is 0 Å². The fourth-order valence-electron chi connectivity index (χ4n) is 3.93. The fraction of sp³-hybridized carbons (Fsp3) is 0.882. The minimum atomic E-state index is -1.10. The predicted molar refractivity (Wildman–Crippen MR) is 84.7 cm³/mol. The van der Waals surface area contributed by atoms with E-state index in [4.69, 9.17) is 0 Å². The van der Waals surface area contributed by atoms with Crippen LogP contribution in [0.1, 0.15) is 53.4 Å². The summed E-state index contributed by atoms with van der Waals surface area (Å²) in [5.74, 6) is 2.95. The van der Waals surface area contributed by atoms with Crippen LogP contribution in [0.4, 0.5) is 0 Å². The molecule has 3 unspecified atom stereocenters. The molecule has 104 valence electrons. The van der Waals surface area contributed by atoms with Gasteiger partial charge in [0.25, 0.3) is 0 Å². The Morgan fingerprint density at radius 3 is 2.50 bits per heavy atom. The van der Waals surface area contributed by atoms with E-state index in [2.05, 4.69) is 46.9 Å².